The lowest BCUT2D eigenvalue weighted by Crippen LogP contribution is -2.31. The van der Waals surface area contributed by atoms with Crippen molar-refractivity contribution in [2.24, 2.45) is 26.3 Å². The van der Waals surface area contributed by atoms with Gasteiger partial charge in [0.25, 0.3) is 0 Å². The number of halogens is 1. The van der Waals surface area contributed by atoms with Gasteiger partial charge in [-0.25, -0.2) is 0 Å². The maximum Gasteiger partial charge on any atom is 0.135 e. The number of hydrogen-bond donors (Lipinski definition) is 1. The number of allylic oxidation sites excluding steroid dienone is 1. The van der Waals surface area contributed by atoms with Gasteiger partial charge in [-0.3, -0.25) is 4.99 Å². The maximum atomic E-state index is 6.41. The Kier molecular flexibility index (Phi) is 6.84. The van der Waals surface area contributed by atoms with Gasteiger partial charge in [0.15, 0.2) is 0 Å². The molecule has 0 radical (unpaired) electrons. The van der Waals surface area contributed by atoms with E-state index in [4.69, 9.17) is 17.3 Å². The second-order valence-electron chi connectivity index (χ2n) is 6.20. The normalized spacial score (nSPS) is 24.2. The summed E-state index contributed by atoms with van der Waals surface area (Å²) in [5.41, 5.74) is 9.08. The van der Waals surface area contributed by atoms with Crippen molar-refractivity contribution < 1.29 is 0 Å². The summed E-state index contributed by atoms with van der Waals surface area (Å²) >= 11 is 9.15. The minimum absolute atomic E-state index is 0.0508. The van der Waals surface area contributed by atoms with Gasteiger partial charge in [-0.05, 0) is 72.2 Å². The highest BCUT2D eigenvalue weighted by molar-refractivity contribution is 8.04. The number of rotatable bonds is 6. The minimum Gasteiger partial charge on any atom is -0.387 e. The van der Waals surface area contributed by atoms with Gasteiger partial charge in [-0.1, -0.05) is 23.7 Å². The van der Waals surface area contributed by atoms with Crippen LogP contribution in [-0.4, -0.2) is 24.0 Å². The summed E-state index contributed by atoms with van der Waals surface area (Å²) in [4.78, 5) is 6.15. The third kappa shape index (κ3) is 4.80. The fraction of sp³-hybridized carbons (Fsp3) is 0.500. The maximum absolute atomic E-state index is 6.41. The Balaban J connectivity index is 1.70. The summed E-state index contributed by atoms with van der Waals surface area (Å²) in [5, 5.41) is 5.29. The number of nitrogens with zero attached hydrogens (tertiary/aromatic N) is 3. The van der Waals surface area contributed by atoms with Crippen LogP contribution in [0.1, 0.15) is 31.2 Å². The van der Waals surface area contributed by atoms with Gasteiger partial charge >= 0.3 is 0 Å². The molecule has 0 saturated heterocycles. The Morgan fingerprint density at radius 1 is 1.28 bits per heavy atom. The summed E-state index contributed by atoms with van der Waals surface area (Å²) in [6, 6.07) is 7.90. The van der Waals surface area contributed by atoms with Gasteiger partial charge in [0.05, 0.1) is 5.92 Å². The first kappa shape index (κ1) is 18.8. The van der Waals surface area contributed by atoms with E-state index in [2.05, 4.69) is 14.6 Å². The highest BCUT2D eigenvalue weighted by atomic mass is 35.5. The molecule has 0 spiro atoms. The first-order chi connectivity index (χ1) is 12.2. The quantitative estimate of drug-likeness (QED) is 0.300. The van der Waals surface area contributed by atoms with Crippen LogP contribution in [-0.2, 0) is 6.42 Å². The molecule has 0 aromatic heterocycles. The van der Waals surface area contributed by atoms with Gasteiger partial charge < -0.3 is 5.73 Å². The van der Waals surface area contributed by atoms with Crippen molar-refractivity contribution >= 4 is 41.1 Å². The average Bonchev–Trinajstić information content (AvgIpc) is 3.00. The van der Waals surface area contributed by atoms with Crippen molar-refractivity contribution in [3.05, 3.63) is 45.3 Å². The van der Waals surface area contributed by atoms with E-state index in [1.165, 1.54) is 40.8 Å². The summed E-state index contributed by atoms with van der Waals surface area (Å²) in [7, 11) is 0. The van der Waals surface area contributed by atoms with Gasteiger partial charge in [0, 0.05) is 17.8 Å². The SMILES string of the molecule is CS/N=N/C1SC2=C(CCCC2)C1C(N)=NCCc1ccc(Cl)cc1. The van der Waals surface area contributed by atoms with E-state index in [-0.39, 0.29) is 11.3 Å². The van der Waals surface area contributed by atoms with Crippen molar-refractivity contribution in [2.75, 3.05) is 12.8 Å². The zero-order valence-electron chi connectivity index (χ0n) is 14.3. The first-order valence-corrected chi connectivity index (χ1v) is 11.0. The molecule has 2 atom stereocenters. The van der Waals surface area contributed by atoms with Crippen LogP contribution >= 0.6 is 35.3 Å². The molecule has 0 saturated carbocycles. The average molecular weight is 395 g/mol. The molecule has 7 heteroatoms. The van der Waals surface area contributed by atoms with Crippen LogP contribution in [0, 0.1) is 5.92 Å². The van der Waals surface area contributed by atoms with Crippen molar-refractivity contribution in [1.82, 2.24) is 0 Å². The zero-order chi connectivity index (χ0) is 17.6. The highest BCUT2D eigenvalue weighted by Gasteiger charge is 2.39. The van der Waals surface area contributed by atoms with Crippen LogP contribution < -0.4 is 5.73 Å². The summed E-state index contributed by atoms with van der Waals surface area (Å²) in [5.74, 6) is 0.819. The van der Waals surface area contributed by atoms with Crippen LogP contribution in [0.4, 0.5) is 0 Å². The van der Waals surface area contributed by atoms with Gasteiger partial charge in [0.1, 0.15) is 11.2 Å². The van der Waals surface area contributed by atoms with E-state index in [1.807, 2.05) is 42.3 Å². The molecule has 25 heavy (non-hydrogen) atoms. The van der Waals surface area contributed by atoms with Crippen LogP contribution in [0.5, 0.6) is 0 Å². The van der Waals surface area contributed by atoms with E-state index in [9.17, 15) is 0 Å². The molecule has 1 aliphatic heterocycles. The molecular formula is C18H23ClN4S2. The van der Waals surface area contributed by atoms with Crippen molar-refractivity contribution in [3.63, 3.8) is 0 Å². The molecule has 4 nitrogen and oxygen atoms in total. The lowest BCUT2D eigenvalue weighted by atomic mass is 9.88. The van der Waals surface area contributed by atoms with Crippen LogP contribution in [0.2, 0.25) is 5.02 Å². The van der Waals surface area contributed by atoms with Crippen molar-refractivity contribution in [1.29, 1.82) is 0 Å². The second kappa shape index (κ2) is 9.10. The number of amidine groups is 1. The lowest BCUT2D eigenvalue weighted by Gasteiger charge is -2.20. The Bertz CT molecular complexity index is 685. The first-order valence-electron chi connectivity index (χ1n) is 8.55. The molecular weight excluding hydrogens is 372 g/mol. The molecule has 0 amide bonds. The molecule has 0 fully saturated rings. The standard InChI is InChI=1S/C18H23ClN4S2/c1-24-23-22-18-16(14-4-2-3-5-15(14)25-18)17(20)21-11-10-12-6-8-13(19)9-7-12/h6-9,16,18H,2-5,10-11H2,1H3,(H2,20,21)/b23-22+. The van der Waals surface area contributed by atoms with E-state index in [1.54, 1.807) is 0 Å². The Morgan fingerprint density at radius 3 is 2.80 bits per heavy atom. The molecule has 1 aliphatic carbocycles. The largest absolute Gasteiger partial charge is 0.387 e. The molecule has 3 rings (SSSR count). The molecule has 2 unspecified atom stereocenters. The predicted molar refractivity (Wildman–Crippen MR) is 110 cm³/mol. The Morgan fingerprint density at radius 2 is 2.04 bits per heavy atom. The van der Waals surface area contributed by atoms with Gasteiger partial charge in [-0.2, -0.15) is 5.11 Å². The molecule has 0 bridgehead atoms. The van der Waals surface area contributed by atoms with E-state index >= 15 is 0 Å². The van der Waals surface area contributed by atoms with Gasteiger partial charge in [-0.15, -0.1) is 16.3 Å². The number of benzene rings is 1. The Hall–Kier alpha value is -0.980. The summed E-state index contributed by atoms with van der Waals surface area (Å²) < 4.78 is 4.15. The van der Waals surface area contributed by atoms with E-state index in [0.717, 1.165) is 24.3 Å². The summed E-state index contributed by atoms with van der Waals surface area (Å²) in [6.45, 7) is 0.684. The van der Waals surface area contributed by atoms with E-state index in [0.29, 0.717) is 12.4 Å². The third-order valence-corrected chi connectivity index (χ3v) is 6.42. The van der Waals surface area contributed by atoms with Crippen molar-refractivity contribution in [2.45, 2.75) is 37.5 Å². The number of hydrogen-bond acceptors (Lipinski definition) is 5. The fourth-order valence-corrected chi connectivity index (χ4v) is 5.17. The second-order valence-corrected chi connectivity index (χ2v) is 8.38. The Labute approximate surface area is 162 Å². The highest BCUT2D eigenvalue weighted by Crippen LogP contribution is 2.49. The van der Waals surface area contributed by atoms with Crippen molar-refractivity contribution in [3.8, 4) is 0 Å². The number of thioether (sulfide) groups is 1. The molecule has 1 aromatic carbocycles. The zero-order valence-corrected chi connectivity index (χ0v) is 16.7. The molecule has 1 aromatic rings. The smallest absolute Gasteiger partial charge is 0.135 e. The lowest BCUT2D eigenvalue weighted by molar-refractivity contribution is 0.631. The van der Waals surface area contributed by atoms with Gasteiger partial charge in [0.2, 0.25) is 0 Å². The fourth-order valence-electron chi connectivity index (χ4n) is 3.32. The molecule has 2 aliphatic rings. The topological polar surface area (TPSA) is 63.1 Å². The minimum atomic E-state index is 0.0508. The third-order valence-electron chi connectivity index (χ3n) is 4.55. The molecule has 1 heterocycles. The molecule has 134 valence electrons. The van der Waals surface area contributed by atoms with E-state index < -0.39 is 0 Å². The van der Waals surface area contributed by atoms with Crippen LogP contribution in [0.25, 0.3) is 0 Å². The number of nitrogens with two attached hydrogens (primary N) is 1. The van der Waals surface area contributed by atoms with Crippen LogP contribution in [0.3, 0.4) is 0 Å². The summed E-state index contributed by atoms with van der Waals surface area (Å²) in [6.07, 6.45) is 7.56. The monoisotopic (exact) mass is 394 g/mol. The van der Waals surface area contributed by atoms with Crippen LogP contribution in [0.15, 0.2) is 49.4 Å². The predicted octanol–water partition coefficient (Wildman–Crippen LogP) is 5.49. The number of aliphatic imine (C=N–C) groups is 1. The molecule has 2 N–H and O–H groups in total.